The summed E-state index contributed by atoms with van der Waals surface area (Å²) in [7, 11) is 1.73. The molecular weight excluding hydrogens is 244 g/mol. The van der Waals surface area contributed by atoms with E-state index in [2.05, 4.69) is 18.8 Å². The summed E-state index contributed by atoms with van der Waals surface area (Å²) in [5.41, 5.74) is 0.769. The third-order valence-electron chi connectivity index (χ3n) is 2.92. The van der Waals surface area contributed by atoms with E-state index in [9.17, 15) is 9.59 Å². The summed E-state index contributed by atoms with van der Waals surface area (Å²) >= 11 is 0. The Balaban J connectivity index is 2.83. The molecule has 0 unspecified atom stereocenters. The summed E-state index contributed by atoms with van der Waals surface area (Å²) < 4.78 is 0. The summed E-state index contributed by atoms with van der Waals surface area (Å²) in [6, 6.07) is 2.89. The highest BCUT2D eigenvalue weighted by Gasteiger charge is 2.16. The number of carbonyl (C=O) groups is 2. The minimum absolute atomic E-state index is 0.126. The van der Waals surface area contributed by atoms with E-state index in [0.717, 1.165) is 6.42 Å². The molecule has 0 saturated carbocycles. The van der Waals surface area contributed by atoms with Gasteiger partial charge < -0.3 is 10.0 Å². The fourth-order valence-electron chi connectivity index (χ4n) is 1.66. The zero-order valence-corrected chi connectivity index (χ0v) is 11.8. The number of hydrogen-bond acceptors (Lipinski definition) is 3. The van der Waals surface area contributed by atoms with Crippen LogP contribution in [0.5, 0.6) is 0 Å². The lowest BCUT2D eigenvalue weighted by Crippen LogP contribution is -2.29. The Morgan fingerprint density at radius 3 is 2.47 bits per heavy atom. The largest absolute Gasteiger partial charge is 0.478 e. The van der Waals surface area contributed by atoms with E-state index >= 15 is 0 Å². The number of pyridine rings is 1. The highest BCUT2D eigenvalue weighted by molar-refractivity contribution is 5.94. The first-order chi connectivity index (χ1) is 8.82. The highest BCUT2D eigenvalue weighted by atomic mass is 16.4. The van der Waals surface area contributed by atoms with Crippen molar-refractivity contribution in [2.45, 2.75) is 27.2 Å². The molecule has 0 radical (unpaired) electrons. The van der Waals surface area contributed by atoms with E-state index < -0.39 is 5.97 Å². The SMILES string of the molecule is Cc1nc(C(=O)N(C)CCC(C)C)ccc1C(=O)O. The Bertz CT molecular complexity index is 484. The quantitative estimate of drug-likeness (QED) is 0.885. The Morgan fingerprint density at radius 1 is 1.37 bits per heavy atom. The van der Waals surface area contributed by atoms with Crippen LogP contribution in [0.15, 0.2) is 12.1 Å². The minimum Gasteiger partial charge on any atom is -0.478 e. The first-order valence-corrected chi connectivity index (χ1v) is 6.29. The van der Waals surface area contributed by atoms with Crippen molar-refractivity contribution >= 4 is 11.9 Å². The van der Waals surface area contributed by atoms with Crippen molar-refractivity contribution in [3.63, 3.8) is 0 Å². The highest BCUT2D eigenvalue weighted by Crippen LogP contribution is 2.09. The van der Waals surface area contributed by atoms with Crippen molar-refractivity contribution in [3.05, 3.63) is 29.1 Å². The maximum Gasteiger partial charge on any atom is 0.337 e. The van der Waals surface area contributed by atoms with Crippen molar-refractivity contribution < 1.29 is 14.7 Å². The average Bonchev–Trinajstić information content (AvgIpc) is 2.34. The van der Waals surface area contributed by atoms with E-state index in [-0.39, 0.29) is 17.2 Å². The van der Waals surface area contributed by atoms with Crippen LogP contribution in [0, 0.1) is 12.8 Å². The number of aromatic nitrogens is 1. The van der Waals surface area contributed by atoms with Crippen LogP contribution < -0.4 is 0 Å². The maximum absolute atomic E-state index is 12.1. The van der Waals surface area contributed by atoms with Crippen molar-refractivity contribution in [3.8, 4) is 0 Å². The van der Waals surface area contributed by atoms with Gasteiger partial charge in [-0.05, 0) is 31.4 Å². The van der Waals surface area contributed by atoms with Crippen LogP contribution in [0.25, 0.3) is 0 Å². The molecule has 0 atom stereocenters. The van der Waals surface area contributed by atoms with E-state index in [1.165, 1.54) is 12.1 Å². The number of rotatable bonds is 5. The van der Waals surface area contributed by atoms with Gasteiger partial charge >= 0.3 is 5.97 Å². The molecule has 0 aliphatic carbocycles. The molecule has 0 aliphatic rings. The van der Waals surface area contributed by atoms with Gasteiger partial charge in [-0.25, -0.2) is 9.78 Å². The Labute approximate surface area is 113 Å². The van der Waals surface area contributed by atoms with Crippen LogP contribution in [0.4, 0.5) is 0 Å². The summed E-state index contributed by atoms with van der Waals surface area (Å²) in [5, 5.41) is 8.91. The minimum atomic E-state index is -1.03. The molecule has 104 valence electrons. The number of carbonyl (C=O) groups excluding carboxylic acids is 1. The molecule has 0 aromatic carbocycles. The molecule has 0 fully saturated rings. The van der Waals surface area contributed by atoms with Gasteiger partial charge in [0.15, 0.2) is 0 Å². The molecule has 0 aliphatic heterocycles. The van der Waals surface area contributed by atoms with Crippen molar-refractivity contribution in [1.82, 2.24) is 9.88 Å². The van der Waals surface area contributed by atoms with Crippen molar-refractivity contribution in [1.29, 1.82) is 0 Å². The van der Waals surface area contributed by atoms with E-state index in [0.29, 0.717) is 18.2 Å². The second kappa shape index (κ2) is 6.31. The Hall–Kier alpha value is -1.91. The predicted octanol–water partition coefficient (Wildman–Crippen LogP) is 2.21. The first-order valence-electron chi connectivity index (χ1n) is 6.29. The van der Waals surface area contributed by atoms with E-state index in [1.807, 2.05) is 0 Å². The lowest BCUT2D eigenvalue weighted by molar-refractivity contribution is 0.0693. The first kappa shape index (κ1) is 15.1. The number of carboxylic acid groups (broad SMARTS) is 1. The van der Waals surface area contributed by atoms with Crippen molar-refractivity contribution in [2.24, 2.45) is 5.92 Å². The molecular formula is C14H20N2O3. The van der Waals surface area contributed by atoms with E-state index in [4.69, 9.17) is 5.11 Å². The number of aromatic carboxylic acids is 1. The lowest BCUT2D eigenvalue weighted by Gasteiger charge is -2.18. The molecule has 1 aromatic rings. The molecule has 1 rings (SSSR count). The van der Waals surface area contributed by atoms with Gasteiger partial charge in [-0.2, -0.15) is 0 Å². The molecule has 0 bridgehead atoms. The molecule has 5 heteroatoms. The number of aryl methyl sites for hydroxylation is 1. The third kappa shape index (κ3) is 4.05. The predicted molar refractivity (Wildman–Crippen MR) is 72.3 cm³/mol. The fourth-order valence-corrected chi connectivity index (χ4v) is 1.66. The molecule has 1 aromatic heterocycles. The average molecular weight is 264 g/mol. The monoisotopic (exact) mass is 264 g/mol. The van der Waals surface area contributed by atoms with Crippen LogP contribution in [-0.2, 0) is 0 Å². The summed E-state index contributed by atoms with van der Waals surface area (Å²) in [4.78, 5) is 28.7. The van der Waals surface area contributed by atoms with Crippen LogP contribution >= 0.6 is 0 Å². The Kier molecular flexibility index (Phi) is 5.03. The van der Waals surface area contributed by atoms with Gasteiger partial charge in [-0.3, -0.25) is 4.79 Å². The van der Waals surface area contributed by atoms with Crippen LogP contribution in [-0.4, -0.2) is 40.5 Å². The van der Waals surface area contributed by atoms with Gasteiger partial charge in [0.25, 0.3) is 5.91 Å². The van der Waals surface area contributed by atoms with Crippen LogP contribution in [0.1, 0.15) is 46.8 Å². The molecule has 1 amide bonds. The third-order valence-corrected chi connectivity index (χ3v) is 2.92. The standard InChI is InChI=1S/C14H20N2O3/c1-9(2)7-8-16(4)13(17)12-6-5-11(14(18)19)10(3)15-12/h5-6,9H,7-8H2,1-4H3,(H,18,19). The summed E-state index contributed by atoms with van der Waals surface area (Å²) in [6.45, 7) is 6.46. The van der Waals surface area contributed by atoms with Crippen LogP contribution in [0.3, 0.4) is 0 Å². The van der Waals surface area contributed by atoms with Gasteiger partial charge in [0.05, 0.1) is 11.3 Å². The molecule has 0 saturated heterocycles. The molecule has 0 spiro atoms. The summed E-state index contributed by atoms with van der Waals surface area (Å²) in [5.74, 6) is -0.683. The number of hydrogen-bond donors (Lipinski definition) is 1. The summed E-state index contributed by atoms with van der Waals surface area (Å²) in [6.07, 6.45) is 0.925. The van der Waals surface area contributed by atoms with Gasteiger partial charge in [0.1, 0.15) is 5.69 Å². The zero-order chi connectivity index (χ0) is 14.6. The Morgan fingerprint density at radius 2 is 2.00 bits per heavy atom. The number of nitrogens with zero attached hydrogens (tertiary/aromatic N) is 2. The van der Waals surface area contributed by atoms with Crippen molar-refractivity contribution in [2.75, 3.05) is 13.6 Å². The fraction of sp³-hybridized carbons (Fsp3) is 0.500. The molecule has 1 heterocycles. The van der Waals surface area contributed by atoms with Gasteiger partial charge in [0.2, 0.25) is 0 Å². The lowest BCUT2D eigenvalue weighted by atomic mass is 10.1. The second-order valence-electron chi connectivity index (χ2n) is 5.04. The maximum atomic E-state index is 12.1. The van der Waals surface area contributed by atoms with Gasteiger partial charge in [-0.1, -0.05) is 13.8 Å². The molecule has 19 heavy (non-hydrogen) atoms. The number of carboxylic acids is 1. The smallest absolute Gasteiger partial charge is 0.337 e. The number of amides is 1. The van der Waals surface area contributed by atoms with Gasteiger partial charge in [0, 0.05) is 13.6 Å². The van der Waals surface area contributed by atoms with Gasteiger partial charge in [-0.15, -0.1) is 0 Å². The second-order valence-corrected chi connectivity index (χ2v) is 5.04. The van der Waals surface area contributed by atoms with Crippen LogP contribution in [0.2, 0.25) is 0 Å². The molecule has 5 nitrogen and oxygen atoms in total. The molecule has 1 N–H and O–H groups in total. The zero-order valence-electron chi connectivity index (χ0n) is 11.8. The van der Waals surface area contributed by atoms with E-state index in [1.54, 1.807) is 18.9 Å². The normalized spacial score (nSPS) is 10.6. The topological polar surface area (TPSA) is 70.5 Å².